The second-order valence-electron chi connectivity index (χ2n) is 12.3. The van der Waals surface area contributed by atoms with Gasteiger partial charge >= 0.3 is 6.03 Å². The normalized spacial score (nSPS) is 16.3. The number of anilines is 3. The summed E-state index contributed by atoms with van der Waals surface area (Å²) in [5.74, 6) is 0.418. The van der Waals surface area contributed by atoms with Gasteiger partial charge in [-0.2, -0.15) is 0 Å². The third-order valence-corrected chi connectivity index (χ3v) is 8.93. The van der Waals surface area contributed by atoms with Crippen LogP contribution in [-0.2, 0) is 4.74 Å². The van der Waals surface area contributed by atoms with Gasteiger partial charge in [0.25, 0.3) is 5.91 Å². The first kappa shape index (κ1) is 32.0. The first-order valence-corrected chi connectivity index (χ1v) is 16.2. The molecule has 2 saturated heterocycles. The van der Waals surface area contributed by atoms with E-state index in [0.29, 0.717) is 73.6 Å². The number of urea groups is 1. The van der Waals surface area contributed by atoms with Gasteiger partial charge in [-0.05, 0) is 80.7 Å². The summed E-state index contributed by atoms with van der Waals surface area (Å²) < 4.78 is 21.0. The van der Waals surface area contributed by atoms with Crippen LogP contribution in [0.25, 0.3) is 33.4 Å². The molecule has 2 fully saturated rings. The molecule has 1 atom stereocenters. The summed E-state index contributed by atoms with van der Waals surface area (Å²) >= 11 is 0. The number of nitrogens with zero attached hydrogens (tertiary/aromatic N) is 7. The monoisotopic (exact) mass is 661 g/mol. The number of benzene rings is 3. The number of morpholine rings is 1. The Morgan fingerprint density at radius 3 is 2.35 bits per heavy atom. The summed E-state index contributed by atoms with van der Waals surface area (Å²) in [6.45, 7) is 3.89. The van der Waals surface area contributed by atoms with E-state index in [2.05, 4.69) is 30.4 Å². The molecule has 0 saturated carbocycles. The van der Waals surface area contributed by atoms with E-state index in [0.717, 1.165) is 28.8 Å². The van der Waals surface area contributed by atoms with E-state index < -0.39 is 11.8 Å². The maximum atomic E-state index is 15.5. The number of carbonyl (C=O) groups is 2. The molecule has 0 spiro atoms. The van der Waals surface area contributed by atoms with Crippen LogP contribution in [0.1, 0.15) is 16.8 Å². The number of hydrogen-bond donors (Lipinski definition) is 2. The molecule has 3 aromatic carbocycles. The summed E-state index contributed by atoms with van der Waals surface area (Å²) in [5, 5.41) is 6.15. The van der Waals surface area contributed by atoms with Crippen LogP contribution >= 0.6 is 0 Å². The highest BCUT2D eigenvalue weighted by atomic mass is 19.1. The predicted octanol–water partition coefficient (Wildman–Crippen LogP) is 5.15. The number of amides is 3. The predicted molar refractivity (Wildman–Crippen MR) is 186 cm³/mol. The molecule has 4 heterocycles. The van der Waals surface area contributed by atoms with Gasteiger partial charge in [-0.25, -0.2) is 29.1 Å². The van der Waals surface area contributed by atoms with Gasteiger partial charge in [-0.1, -0.05) is 6.07 Å². The SMILES string of the molecule is CN(C)C1CCN(C(=O)c2ccc(NC(=O)Nc3ccc(-c4nc(N5CCOCC5)c5ccc(-c6cncnc6)cc5n4)cc3F)cc2)C1. The molecule has 3 amide bonds. The van der Waals surface area contributed by atoms with Gasteiger partial charge in [-0.3, -0.25) is 4.79 Å². The van der Waals surface area contributed by atoms with Crippen molar-refractivity contribution >= 4 is 40.0 Å². The zero-order valence-corrected chi connectivity index (χ0v) is 27.3. The van der Waals surface area contributed by atoms with Crippen LogP contribution in [0.3, 0.4) is 0 Å². The first-order chi connectivity index (χ1) is 23.8. The second kappa shape index (κ2) is 13.9. The number of hydrogen-bond acceptors (Lipinski definition) is 9. The number of ether oxygens (including phenoxy) is 1. The van der Waals surface area contributed by atoms with E-state index in [1.54, 1.807) is 42.7 Å². The Kier molecular flexibility index (Phi) is 9.09. The number of halogens is 1. The third-order valence-electron chi connectivity index (χ3n) is 8.93. The minimum absolute atomic E-state index is 0.00177. The van der Waals surface area contributed by atoms with Gasteiger partial charge in [0.15, 0.2) is 5.82 Å². The summed E-state index contributed by atoms with van der Waals surface area (Å²) in [4.78, 5) is 49.8. The Balaban J connectivity index is 1.08. The topological polar surface area (TPSA) is 129 Å². The standard InChI is InChI=1S/C36H36FN9O3/c1-44(2)28-11-12-46(21-28)35(47)23-3-7-27(8-4-23)40-36(48)42-31-10-6-25(17-30(31)37)33-41-32-18-24(26-19-38-22-39-20-26)5-9-29(32)34(43-33)45-13-15-49-16-14-45/h3-10,17-20,22,28H,11-16,21H2,1-2H3,(H2,40,42,48). The molecular formula is C36H36FN9O3. The van der Waals surface area contributed by atoms with E-state index >= 15 is 4.39 Å². The number of carbonyl (C=O) groups excluding carboxylic acids is 2. The molecule has 0 bridgehead atoms. The zero-order valence-electron chi connectivity index (χ0n) is 27.3. The van der Waals surface area contributed by atoms with Gasteiger partial charge in [0, 0.05) is 72.4 Å². The summed E-state index contributed by atoms with van der Waals surface area (Å²) in [7, 11) is 4.04. The van der Waals surface area contributed by atoms with Crippen LogP contribution in [0.5, 0.6) is 0 Å². The van der Waals surface area contributed by atoms with Crippen LogP contribution < -0.4 is 15.5 Å². The van der Waals surface area contributed by atoms with Crippen LogP contribution in [0, 0.1) is 5.82 Å². The Morgan fingerprint density at radius 1 is 0.878 bits per heavy atom. The molecule has 13 heteroatoms. The molecule has 2 aliphatic heterocycles. The molecular weight excluding hydrogens is 625 g/mol. The van der Waals surface area contributed by atoms with Crippen molar-refractivity contribution in [3.05, 3.63) is 90.8 Å². The van der Waals surface area contributed by atoms with E-state index in [1.165, 1.54) is 18.5 Å². The molecule has 12 nitrogen and oxygen atoms in total. The maximum Gasteiger partial charge on any atom is 0.323 e. The number of likely N-dealkylation sites (tertiary alicyclic amines) is 1. The Morgan fingerprint density at radius 2 is 1.63 bits per heavy atom. The van der Waals surface area contributed by atoms with Crippen molar-refractivity contribution in [3.8, 4) is 22.5 Å². The average molecular weight is 662 g/mol. The fourth-order valence-electron chi connectivity index (χ4n) is 6.15. The highest BCUT2D eigenvalue weighted by molar-refractivity contribution is 6.01. The average Bonchev–Trinajstić information content (AvgIpc) is 3.64. The Labute approximate surface area is 283 Å². The van der Waals surface area contributed by atoms with Crippen LogP contribution in [0.2, 0.25) is 0 Å². The molecule has 0 aliphatic carbocycles. The fourth-order valence-corrected chi connectivity index (χ4v) is 6.15. The lowest BCUT2D eigenvalue weighted by Crippen LogP contribution is -2.37. The van der Waals surface area contributed by atoms with Gasteiger partial charge in [0.2, 0.25) is 0 Å². The Hall–Kier alpha value is -5.53. The minimum Gasteiger partial charge on any atom is -0.378 e. The third kappa shape index (κ3) is 7.03. The highest BCUT2D eigenvalue weighted by Crippen LogP contribution is 2.32. The van der Waals surface area contributed by atoms with Crippen molar-refractivity contribution in [1.29, 1.82) is 0 Å². The molecule has 250 valence electrons. The zero-order chi connectivity index (χ0) is 33.9. The van der Waals surface area contributed by atoms with Gasteiger partial charge in [-0.15, -0.1) is 0 Å². The largest absolute Gasteiger partial charge is 0.378 e. The van der Waals surface area contributed by atoms with Crippen molar-refractivity contribution in [2.45, 2.75) is 12.5 Å². The van der Waals surface area contributed by atoms with Crippen LogP contribution in [-0.4, -0.2) is 101 Å². The molecule has 1 unspecified atom stereocenters. The molecule has 2 aromatic heterocycles. The number of rotatable bonds is 7. The fraction of sp³-hybridized carbons (Fsp3) is 0.278. The smallest absolute Gasteiger partial charge is 0.323 e. The second-order valence-corrected chi connectivity index (χ2v) is 12.3. The number of nitrogens with one attached hydrogen (secondary N) is 2. The summed E-state index contributed by atoms with van der Waals surface area (Å²) in [6.07, 6.45) is 5.89. The first-order valence-electron chi connectivity index (χ1n) is 16.2. The van der Waals surface area contributed by atoms with Crippen LogP contribution in [0.15, 0.2) is 79.4 Å². The molecule has 5 aromatic rings. The Bertz CT molecular complexity index is 1990. The van der Waals surface area contributed by atoms with E-state index in [4.69, 9.17) is 14.7 Å². The highest BCUT2D eigenvalue weighted by Gasteiger charge is 2.28. The molecule has 2 aliphatic rings. The van der Waals surface area contributed by atoms with Crippen LogP contribution in [0.4, 0.5) is 26.4 Å². The quantitative estimate of drug-likeness (QED) is 0.243. The van der Waals surface area contributed by atoms with E-state index in [-0.39, 0.29) is 11.6 Å². The van der Waals surface area contributed by atoms with E-state index in [9.17, 15) is 9.59 Å². The minimum atomic E-state index is -0.637. The van der Waals surface area contributed by atoms with Crippen molar-refractivity contribution in [3.63, 3.8) is 0 Å². The van der Waals surface area contributed by atoms with Crippen molar-refractivity contribution in [2.24, 2.45) is 0 Å². The number of fused-ring (bicyclic) bond motifs is 1. The molecule has 49 heavy (non-hydrogen) atoms. The summed E-state index contributed by atoms with van der Waals surface area (Å²) in [5.41, 5.74) is 3.92. The number of aromatic nitrogens is 4. The molecule has 0 radical (unpaired) electrons. The van der Waals surface area contributed by atoms with Gasteiger partial charge < -0.3 is 30.1 Å². The molecule has 2 N–H and O–H groups in total. The van der Waals surface area contributed by atoms with Crippen molar-refractivity contribution < 1.29 is 18.7 Å². The lowest BCUT2D eigenvalue weighted by Gasteiger charge is -2.29. The maximum absolute atomic E-state index is 15.5. The molecule has 7 rings (SSSR count). The lowest BCUT2D eigenvalue weighted by atomic mass is 10.1. The summed E-state index contributed by atoms with van der Waals surface area (Å²) in [6, 6.07) is 16.8. The number of likely N-dealkylation sites (N-methyl/N-ethyl adjacent to an activating group) is 1. The van der Waals surface area contributed by atoms with Crippen molar-refractivity contribution in [1.82, 2.24) is 29.7 Å². The van der Waals surface area contributed by atoms with Gasteiger partial charge in [0.1, 0.15) is 18.0 Å². The van der Waals surface area contributed by atoms with Gasteiger partial charge in [0.05, 0.1) is 24.4 Å². The van der Waals surface area contributed by atoms with Crippen molar-refractivity contribution in [2.75, 3.05) is 69.0 Å². The van der Waals surface area contributed by atoms with E-state index in [1.807, 2.05) is 37.2 Å². The lowest BCUT2D eigenvalue weighted by molar-refractivity contribution is 0.0783.